The fraction of sp³-hybridized carbons (Fsp3) is 0.125. The van der Waals surface area contributed by atoms with Gasteiger partial charge in [0.15, 0.2) is 6.61 Å². The number of carbonyl (C=O) groups excluding carboxylic acids is 1. The molecule has 0 atom stereocenters. The Labute approximate surface area is 122 Å². The molecule has 1 amide bonds. The number of benzene rings is 2. The number of fused-ring (bicyclic) bond motifs is 1. The van der Waals surface area contributed by atoms with Gasteiger partial charge in [0, 0.05) is 0 Å². The lowest BCUT2D eigenvalue weighted by Crippen LogP contribution is -2.25. The van der Waals surface area contributed by atoms with Crippen LogP contribution in [0.5, 0.6) is 5.75 Å². The van der Waals surface area contributed by atoms with Gasteiger partial charge in [-0.2, -0.15) is 5.10 Å². The summed E-state index contributed by atoms with van der Waals surface area (Å²) < 4.78 is 5.33. The number of anilines is 2. The second kappa shape index (κ2) is 5.66. The largest absolute Gasteiger partial charge is 0.482 e. The molecule has 2 aromatic rings. The zero-order valence-corrected chi connectivity index (χ0v) is 11.6. The Balaban J connectivity index is 1.80. The van der Waals surface area contributed by atoms with E-state index in [1.165, 1.54) is 0 Å². The molecule has 0 aromatic heterocycles. The van der Waals surface area contributed by atoms with Crippen molar-refractivity contribution in [2.75, 3.05) is 17.3 Å². The summed E-state index contributed by atoms with van der Waals surface area (Å²) in [6.07, 6.45) is 0. The quantitative estimate of drug-likeness (QED) is 0.671. The van der Waals surface area contributed by atoms with Gasteiger partial charge in [-0.05, 0) is 42.8 Å². The topological polar surface area (TPSA) is 62.7 Å². The molecule has 5 nitrogen and oxygen atoms in total. The molecule has 0 radical (unpaired) electrons. The first-order valence-corrected chi connectivity index (χ1v) is 6.65. The maximum atomic E-state index is 11.3. The molecule has 0 saturated carbocycles. The Kier molecular flexibility index (Phi) is 3.55. The van der Waals surface area contributed by atoms with E-state index in [9.17, 15) is 4.79 Å². The lowest BCUT2D eigenvalue weighted by molar-refractivity contribution is -0.118. The van der Waals surface area contributed by atoms with E-state index < -0.39 is 0 Å². The van der Waals surface area contributed by atoms with Crippen LogP contribution in [0.25, 0.3) is 0 Å². The van der Waals surface area contributed by atoms with Crippen molar-refractivity contribution in [2.45, 2.75) is 6.92 Å². The van der Waals surface area contributed by atoms with Gasteiger partial charge in [-0.15, -0.1) is 0 Å². The van der Waals surface area contributed by atoms with E-state index in [-0.39, 0.29) is 12.5 Å². The van der Waals surface area contributed by atoms with Gasteiger partial charge in [-0.25, -0.2) is 0 Å². The normalized spacial score (nSPS) is 14.0. The molecule has 21 heavy (non-hydrogen) atoms. The molecule has 2 N–H and O–H groups in total. The van der Waals surface area contributed by atoms with Crippen molar-refractivity contribution in [2.24, 2.45) is 5.10 Å². The Morgan fingerprint density at radius 1 is 1.24 bits per heavy atom. The van der Waals surface area contributed by atoms with Gasteiger partial charge in [0.2, 0.25) is 0 Å². The fourth-order valence-electron chi connectivity index (χ4n) is 2.03. The van der Waals surface area contributed by atoms with Crippen molar-refractivity contribution in [3.05, 3.63) is 54.1 Å². The van der Waals surface area contributed by atoms with Crippen molar-refractivity contribution in [1.29, 1.82) is 0 Å². The van der Waals surface area contributed by atoms with Gasteiger partial charge in [0.1, 0.15) is 5.75 Å². The van der Waals surface area contributed by atoms with Crippen LogP contribution in [0.15, 0.2) is 53.6 Å². The monoisotopic (exact) mass is 281 g/mol. The zero-order chi connectivity index (χ0) is 14.7. The number of carbonyl (C=O) groups is 1. The minimum absolute atomic E-state index is 0.0645. The van der Waals surface area contributed by atoms with Crippen LogP contribution in [0.1, 0.15) is 12.5 Å². The fourth-order valence-corrected chi connectivity index (χ4v) is 2.03. The minimum atomic E-state index is -0.142. The summed E-state index contributed by atoms with van der Waals surface area (Å²) in [5.74, 6) is 0.541. The molecule has 1 aliphatic heterocycles. The number of nitrogens with one attached hydrogen (secondary N) is 2. The summed E-state index contributed by atoms with van der Waals surface area (Å²) in [6, 6.07) is 15.3. The van der Waals surface area contributed by atoms with Crippen LogP contribution >= 0.6 is 0 Å². The van der Waals surface area contributed by atoms with Crippen LogP contribution in [0.3, 0.4) is 0 Å². The molecule has 106 valence electrons. The molecular weight excluding hydrogens is 266 g/mol. The van der Waals surface area contributed by atoms with Crippen LogP contribution in [0.4, 0.5) is 11.4 Å². The maximum Gasteiger partial charge on any atom is 0.262 e. The minimum Gasteiger partial charge on any atom is -0.482 e. The van der Waals surface area contributed by atoms with E-state index in [0.29, 0.717) is 11.4 Å². The van der Waals surface area contributed by atoms with Crippen LogP contribution in [0.2, 0.25) is 0 Å². The van der Waals surface area contributed by atoms with E-state index in [1.807, 2.05) is 55.5 Å². The summed E-state index contributed by atoms with van der Waals surface area (Å²) in [4.78, 5) is 11.3. The summed E-state index contributed by atoms with van der Waals surface area (Å²) in [6.45, 7) is 1.97. The number of amides is 1. The molecule has 5 heteroatoms. The zero-order valence-electron chi connectivity index (χ0n) is 11.6. The summed E-state index contributed by atoms with van der Waals surface area (Å²) in [7, 11) is 0. The lowest BCUT2D eigenvalue weighted by atomic mass is 10.1. The van der Waals surface area contributed by atoms with E-state index in [2.05, 4.69) is 15.8 Å². The first-order chi connectivity index (χ1) is 10.2. The molecule has 0 fully saturated rings. The second-order valence-electron chi connectivity index (χ2n) is 4.72. The van der Waals surface area contributed by atoms with Crippen molar-refractivity contribution < 1.29 is 9.53 Å². The van der Waals surface area contributed by atoms with Gasteiger partial charge in [-0.3, -0.25) is 10.2 Å². The average Bonchev–Trinajstić information content (AvgIpc) is 2.53. The Hall–Kier alpha value is -2.82. The molecule has 0 unspecified atom stereocenters. The predicted molar refractivity (Wildman–Crippen MR) is 82.8 cm³/mol. The first kappa shape index (κ1) is 13.2. The summed E-state index contributed by atoms with van der Waals surface area (Å²) >= 11 is 0. The number of ether oxygens (including phenoxy) is 1. The molecule has 1 heterocycles. The average molecular weight is 281 g/mol. The van der Waals surface area contributed by atoms with Crippen molar-refractivity contribution in [3.8, 4) is 5.75 Å². The van der Waals surface area contributed by atoms with Crippen LogP contribution in [-0.2, 0) is 4.79 Å². The number of rotatable bonds is 3. The van der Waals surface area contributed by atoms with Crippen LogP contribution in [-0.4, -0.2) is 18.2 Å². The molecule has 0 spiro atoms. The van der Waals surface area contributed by atoms with E-state index in [0.717, 1.165) is 17.0 Å². The highest BCUT2D eigenvalue weighted by atomic mass is 16.5. The first-order valence-electron chi connectivity index (χ1n) is 6.65. The highest BCUT2D eigenvalue weighted by molar-refractivity contribution is 6.02. The van der Waals surface area contributed by atoms with Gasteiger partial charge in [-0.1, -0.05) is 18.2 Å². The lowest BCUT2D eigenvalue weighted by Gasteiger charge is -2.18. The number of para-hydroxylation sites is 1. The predicted octanol–water partition coefficient (Wildman–Crippen LogP) is 2.85. The molecule has 2 aromatic carbocycles. The van der Waals surface area contributed by atoms with Crippen LogP contribution < -0.4 is 15.5 Å². The van der Waals surface area contributed by atoms with Crippen LogP contribution in [0, 0.1) is 0 Å². The van der Waals surface area contributed by atoms with Crippen molar-refractivity contribution in [1.82, 2.24) is 0 Å². The number of hydrogen-bond acceptors (Lipinski definition) is 4. The number of nitrogens with zero attached hydrogens (tertiary/aromatic N) is 1. The second-order valence-corrected chi connectivity index (χ2v) is 4.72. The van der Waals surface area contributed by atoms with Gasteiger partial charge < -0.3 is 10.1 Å². The highest BCUT2D eigenvalue weighted by Crippen LogP contribution is 2.28. The van der Waals surface area contributed by atoms with E-state index in [1.54, 1.807) is 0 Å². The smallest absolute Gasteiger partial charge is 0.262 e. The van der Waals surface area contributed by atoms with E-state index in [4.69, 9.17) is 4.74 Å². The van der Waals surface area contributed by atoms with Crippen molar-refractivity contribution in [3.63, 3.8) is 0 Å². The molecule has 1 aliphatic rings. The van der Waals surface area contributed by atoms with Gasteiger partial charge in [0.25, 0.3) is 5.91 Å². The van der Waals surface area contributed by atoms with Gasteiger partial charge in [0.05, 0.1) is 17.1 Å². The number of hydrogen-bond donors (Lipinski definition) is 2. The summed E-state index contributed by atoms with van der Waals surface area (Å²) in [5, 5.41) is 7.14. The molecular formula is C16H15N3O2. The van der Waals surface area contributed by atoms with Gasteiger partial charge >= 0.3 is 0 Å². The molecule has 0 bridgehead atoms. The standard InChI is InChI=1S/C16H15N3O2/c1-11(18-19-13-5-3-2-4-6-13)12-7-8-15-14(9-12)17-16(20)10-21-15/h2-9,19H,10H2,1H3,(H,17,20). The third kappa shape index (κ3) is 3.02. The Morgan fingerprint density at radius 3 is 2.86 bits per heavy atom. The molecule has 3 rings (SSSR count). The highest BCUT2D eigenvalue weighted by Gasteiger charge is 2.16. The SMILES string of the molecule is CC(=NNc1ccccc1)c1ccc2c(c1)NC(=O)CO2. The molecule has 0 saturated heterocycles. The Bertz CT molecular complexity index is 696. The molecule has 0 aliphatic carbocycles. The van der Waals surface area contributed by atoms with E-state index >= 15 is 0 Å². The summed E-state index contributed by atoms with van der Waals surface area (Å²) in [5.41, 5.74) is 6.34. The number of hydrazone groups is 1. The third-order valence-corrected chi connectivity index (χ3v) is 3.16. The van der Waals surface area contributed by atoms with Crippen molar-refractivity contribution >= 4 is 23.0 Å². The third-order valence-electron chi connectivity index (χ3n) is 3.16. The Morgan fingerprint density at radius 2 is 2.05 bits per heavy atom. The maximum absolute atomic E-state index is 11.3.